The normalized spacial score (nSPS) is 12.1. The van der Waals surface area contributed by atoms with Crippen LogP contribution in [0.3, 0.4) is 0 Å². The molecule has 90 valence electrons. The number of rotatable bonds is 3. The van der Waals surface area contributed by atoms with E-state index in [1.54, 1.807) is 30.3 Å². The summed E-state index contributed by atoms with van der Waals surface area (Å²) in [5.74, 6) is -0.496. The molecule has 0 spiro atoms. The molecule has 1 atom stereocenters. The van der Waals surface area contributed by atoms with E-state index in [-0.39, 0.29) is 5.57 Å². The lowest BCUT2D eigenvalue weighted by Gasteiger charge is -2.02. The van der Waals surface area contributed by atoms with Gasteiger partial charge >= 0.3 is 5.97 Å². The monoisotopic (exact) mass is 242 g/mol. The number of methoxy groups -OCH3 is 1. The summed E-state index contributed by atoms with van der Waals surface area (Å²) in [5.41, 5.74) is 0.776. The van der Waals surface area contributed by atoms with Gasteiger partial charge in [-0.2, -0.15) is 10.5 Å². The topological polar surface area (TPSA) is 94.1 Å². The van der Waals surface area contributed by atoms with E-state index < -0.39 is 12.1 Å². The SMILES string of the molecule is COC(=O)c1cccc(/C=C(\C#N)C(O)C#N)c1. The highest BCUT2D eigenvalue weighted by Gasteiger charge is 2.10. The highest BCUT2D eigenvalue weighted by atomic mass is 16.5. The molecule has 0 aromatic heterocycles. The number of hydrogen-bond acceptors (Lipinski definition) is 5. The molecular formula is C13H10N2O3. The number of carbonyl (C=O) groups excluding carboxylic acids is 1. The van der Waals surface area contributed by atoms with Crippen molar-refractivity contribution < 1.29 is 14.6 Å². The number of nitrogens with zero attached hydrogens (tertiary/aromatic N) is 2. The Morgan fingerprint density at radius 3 is 2.78 bits per heavy atom. The van der Waals surface area contributed by atoms with Crippen LogP contribution in [0, 0.1) is 22.7 Å². The molecule has 18 heavy (non-hydrogen) atoms. The van der Waals surface area contributed by atoms with Crippen LogP contribution >= 0.6 is 0 Å². The van der Waals surface area contributed by atoms with E-state index in [0.717, 1.165) is 0 Å². The van der Waals surface area contributed by atoms with Crippen molar-refractivity contribution in [3.8, 4) is 12.1 Å². The zero-order chi connectivity index (χ0) is 13.5. The van der Waals surface area contributed by atoms with Crippen molar-refractivity contribution in [3.63, 3.8) is 0 Å². The second-order valence-corrected chi connectivity index (χ2v) is 3.36. The van der Waals surface area contributed by atoms with Crippen LogP contribution in [-0.4, -0.2) is 24.3 Å². The largest absolute Gasteiger partial charge is 0.465 e. The average molecular weight is 242 g/mol. The molecule has 1 aromatic rings. The third-order valence-corrected chi connectivity index (χ3v) is 2.18. The first kappa shape index (κ1) is 13.4. The van der Waals surface area contributed by atoms with E-state index >= 15 is 0 Å². The van der Waals surface area contributed by atoms with Crippen molar-refractivity contribution in [1.82, 2.24) is 0 Å². The van der Waals surface area contributed by atoms with E-state index in [1.807, 2.05) is 0 Å². The fourth-order valence-electron chi connectivity index (χ4n) is 1.29. The van der Waals surface area contributed by atoms with Gasteiger partial charge in [0.15, 0.2) is 6.10 Å². The first-order chi connectivity index (χ1) is 8.62. The second-order valence-electron chi connectivity index (χ2n) is 3.36. The summed E-state index contributed by atoms with van der Waals surface area (Å²) in [5, 5.41) is 26.6. The van der Waals surface area contributed by atoms with Crippen molar-refractivity contribution in [2.24, 2.45) is 0 Å². The van der Waals surface area contributed by atoms with Gasteiger partial charge in [0.2, 0.25) is 0 Å². The van der Waals surface area contributed by atoms with Crippen LogP contribution in [0.2, 0.25) is 0 Å². The Morgan fingerprint density at radius 1 is 1.50 bits per heavy atom. The Kier molecular flexibility index (Phi) is 4.62. The van der Waals surface area contributed by atoms with Crippen molar-refractivity contribution in [2.75, 3.05) is 7.11 Å². The first-order valence-corrected chi connectivity index (χ1v) is 5.00. The van der Waals surface area contributed by atoms with Crippen molar-refractivity contribution in [2.45, 2.75) is 6.10 Å². The molecule has 0 heterocycles. The summed E-state index contributed by atoms with van der Waals surface area (Å²) in [7, 11) is 1.27. The number of ether oxygens (including phenoxy) is 1. The van der Waals surface area contributed by atoms with Gasteiger partial charge < -0.3 is 9.84 Å². The maximum absolute atomic E-state index is 11.3. The van der Waals surface area contributed by atoms with Gasteiger partial charge in [-0.05, 0) is 23.8 Å². The average Bonchev–Trinajstić information content (AvgIpc) is 2.43. The van der Waals surface area contributed by atoms with E-state index in [9.17, 15) is 9.90 Å². The molecule has 0 bridgehead atoms. The summed E-state index contributed by atoms with van der Waals surface area (Å²) >= 11 is 0. The summed E-state index contributed by atoms with van der Waals surface area (Å²) in [6.07, 6.45) is -0.128. The molecule has 1 aromatic carbocycles. The Hall–Kier alpha value is -2.63. The third-order valence-electron chi connectivity index (χ3n) is 2.18. The number of benzene rings is 1. The maximum atomic E-state index is 11.3. The molecule has 0 amide bonds. The lowest BCUT2D eigenvalue weighted by molar-refractivity contribution is 0.0600. The summed E-state index contributed by atoms with van der Waals surface area (Å²) in [6, 6.07) is 9.63. The van der Waals surface area contributed by atoms with Crippen LogP contribution in [0.1, 0.15) is 15.9 Å². The van der Waals surface area contributed by atoms with Gasteiger partial charge in [0.25, 0.3) is 0 Å². The summed E-state index contributed by atoms with van der Waals surface area (Å²) in [6.45, 7) is 0. The molecule has 0 aliphatic rings. The van der Waals surface area contributed by atoms with Gasteiger partial charge in [0.05, 0.1) is 30.4 Å². The molecule has 1 unspecified atom stereocenters. The molecule has 0 radical (unpaired) electrons. The summed E-state index contributed by atoms with van der Waals surface area (Å²) < 4.78 is 4.56. The molecule has 1 N–H and O–H groups in total. The number of nitriles is 2. The smallest absolute Gasteiger partial charge is 0.337 e. The highest BCUT2D eigenvalue weighted by Crippen LogP contribution is 2.12. The fourth-order valence-corrected chi connectivity index (χ4v) is 1.29. The minimum absolute atomic E-state index is 0.0838. The van der Waals surface area contributed by atoms with Gasteiger partial charge in [0, 0.05) is 0 Å². The Bertz CT molecular complexity index is 564. The van der Waals surface area contributed by atoms with Gasteiger partial charge in [-0.15, -0.1) is 0 Å². The maximum Gasteiger partial charge on any atom is 0.337 e. The number of esters is 1. The predicted molar refractivity (Wildman–Crippen MR) is 63.0 cm³/mol. The van der Waals surface area contributed by atoms with E-state index in [2.05, 4.69) is 4.74 Å². The molecule has 0 saturated heterocycles. The lowest BCUT2D eigenvalue weighted by Crippen LogP contribution is -2.05. The van der Waals surface area contributed by atoms with E-state index in [4.69, 9.17) is 10.5 Å². The van der Waals surface area contributed by atoms with Gasteiger partial charge in [-0.25, -0.2) is 4.79 Å². The molecule has 5 nitrogen and oxygen atoms in total. The second kappa shape index (κ2) is 6.19. The Balaban J connectivity index is 3.12. The standard InChI is InChI=1S/C13H10N2O3/c1-18-13(17)10-4-2-3-9(5-10)6-11(7-14)12(16)8-15/h2-6,12,16H,1H3/b11-6+. The number of aliphatic hydroxyl groups is 1. The summed E-state index contributed by atoms with van der Waals surface area (Å²) in [4.78, 5) is 11.3. The van der Waals surface area contributed by atoms with Crippen molar-refractivity contribution in [1.29, 1.82) is 10.5 Å². The minimum atomic E-state index is -1.48. The van der Waals surface area contributed by atoms with Gasteiger partial charge in [-0.3, -0.25) is 0 Å². The van der Waals surface area contributed by atoms with Crippen LogP contribution in [0.4, 0.5) is 0 Å². The van der Waals surface area contributed by atoms with Gasteiger partial charge in [-0.1, -0.05) is 12.1 Å². The molecule has 0 fully saturated rings. The number of hydrogen-bond donors (Lipinski definition) is 1. The lowest BCUT2D eigenvalue weighted by atomic mass is 10.1. The van der Waals surface area contributed by atoms with Crippen molar-refractivity contribution >= 4 is 12.0 Å². The van der Waals surface area contributed by atoms with Gasteiger partial charge in [0.1, 0.15) is 0 Å². The zero-order valence-corrected chi connectivity index (χ0v) is 9.62. The third kappa shape index (κ3) is 3.18. The predicted octanol–water partition coefficient (Wildman–Crippen LogP) is 1.26. The van der Waals surface area contributed by atoms with Crippen LogP contribution in [0.25, 0.3) is 6.08 Å². The molecule has 0 saturated carbocycles. The molecule has 0 aliphatic heterocycles. The molecule has 1 rings (SSSR count). The Morgan fingerprint density at radius 2 is 2.22 bits per heavy atom. The van der Waals surface area contributed by atoms with Crippen LogP contribution in [0.5, 0.6) is 0 Å². The van der Waals surface area contributed by atoms with E-state index in [1.165, 1.54) is 19.3 Å². The first-order valence-electron chi connectivity index (χ1n) is 5.00. The number of aliphatic hydroxyl groups excluding tert-OH is 1. The Labute approximate surface area is 104 Å². The van der Waals surface area contributed by atoms with Crippen LogP contribution < -0.4 is 0 Å². The van der Waals surface area contributed by atoms with Crippen LogP contribution in [-0.2, 0) is 4.74 Å². The zero-order valence-electron chi connectivity index (χ0n) is 9.62. The van der Waals surface area contributed by atoms with E-state index in [0.29, 0.717) is 11.1 Å². The van der Waals surface area contributed by atoms with Crippen molar-refractivity contribution in [3.05, 3.63) is 41.0 Å². The molecular weight excluding hydrogens is 232 g/mol. The molecule has 0 aliphatic carbocycles. The highest BCUT2D eigenvalue weighted by molar-refractivity contribution is 5.90. The number of carbonyl (C=O) groups is 1. The van der Waals surface area contributed by atoms with Crippen LogP contribution in [0.15, 0.2) is 29.8 Å². The minimum Gasteiger partial charge on any atom is -0.465 e. The quantitative estimate of drug-likeness (QED) is 0.489. The molecule has 5 heteroatoms. The fraction of sp³-hybridized carbons (Fsp3) is 0.154.